The lowest BCUT2D eigenvalue weighted by atomic mass is 10.1. The molecule has 144 valence electrons. The van der Waals surface area contributed by atoms with Crippen LogP contribution in [0, 0.1) is 0 Å². The highest BCUT2D eigenvalue weighted by atomic mass is 32.1. The molecule has 2 aromatic rings. The van der Waals surface area contributed by atoms with Crippen molar-refractivity contribution in [1.29, 1.82) is 0 Å². The molecule has 27 heavy (non-hydrogen) atoms. The molecule has 1 atom stereocenters. The Bertz CT molecular complexity index is 862. The number of rotatable bonds is 3. The van der Waals surface area contributed by atoms with E-state index in [9.17, 15) is 14.7 Å². The fourth-order valence-corrected chi connectivity index (χ4v) is 4.85. The third-order valence-electron chi connectivity index (χ3n) is 5.38. The van der Waals surface area contributed by atoms with Crippen LogP contribution in [0.1, 0.15) is 24.6 Å². The summed E-state index contributed by atoms with van der Waals surface area (Å²) >= 11 is 1.70. The van der Waals surface area contributed by atoms with Gasteiger partial charge in [0, 0.05) is 37.6 Å². The van der Waals surface area contributed by atoms with E-state index in [0.29, 0.717) is 39.1 Å². The second-order valence-corrected chi connectivity index (χ2v) is 8.04. The molecule has 2 amide bonds. The Kier molecular flexibility index (Phi) is 4.86. The Hall–Kier alpha value is -2.42. The molecule has 1 N–H and O–H groups in total. The van der Waals surface area contributed by atoms with E-state index in [2.05, 4.69) is 27.9 Å². The summed E-state index contributed by atoms with van der Waals surface area (Å²) in [6, 6.07) is 1.64. The van der Waals surface area contributed by atoms with Crippen LogP contribution in [0.25, 0.3) is 10.2 Å². The third-order valence-corrected chi connectivity index (χ3v) is 6.57. The molecule has 2 fully saturated rings. The molecule has 0 aromatic carbocycles. The smallest absolute Gasteiger partial charge is 0.407 e. The van der Waals surface area contributed by atoms with Crippen LogP contribution in [0.5, 0.6) is 0 Å². The van der Waals surface area contributed by atoms with Crippen molar-refractivity contribution < 1.29 is 14.7 Å². The van der Waals surface area contributed by atoms with Gasteiger partial charge in [0.1, 0.15) is 23.0 Å². The highest BCUT2D eigenvalue weighted by Gasteiger charge is 2.37. The summed E-state index contributed by atoms with van der Waals surface area (Å²) in [5, 5.41) is 10.4. The van der Waals surface area contributed by atoms with E-state index in [4.69, 9.17) is 0 Å². The van der Waals surface area contributed by atoms with Gasteiger partial charge in [0.2, 0.25) is 5.91 Å². The predicted molar refractivity (Wildman–Crippen MR) is 103 cm³/mol. The monoisotopic (exact) mass is 389 g/mol. The van der Waals surface area contributed by atoms with Crippen LogP contribution in [0.3, 0.4) is 0 Å². The number of nitrogens with zero attached hydrogens (tertiary/aromatic N) is 5. The van der Waals surface area contributed by atoms with Gasteiger partial charge in [-0.05, 0) is 25.3 Å². The summed E-state index contributed by atoms with van der Waals surface area (Å²) in [5.74, 6) is 0.863. The maximum Gasteiger partial charge on any atom is 0.407 e. The molecule has 9 heteroatoms. The molecule has 0 saturated carbocycles. The number of anilines is 1. The Morgan fingerprint density at radius 2 is 2.00 bits per heavy atom. The Morgan fingerprint density at radius 1 is 1.22 bits per heavy atom. The third kappa shape index (κ3) is 3.31. The predicted octanol–water partition coefficient (Wildman–Crippen LogP) is 2.04. The topological polar surface area (TPSA) is 89.9 Å². The summed E-state index contributed by atoms with van der Waals surface area (Å²) in [4.78, 5) is 40.5. The highest BCUT2D eigenvalue weighted by Crippen LogP contribution is 2.31. The second kappa shape index (κ2) is 7.30. The minimum absolute atomic E-state index is 0.0637. The first-order valence-corrected chi connectivity index (χ1v) is 10.2. The van der Waals surface area contributed by atoms with Crippen molar-refractivity contribution in [2.24, 2.45) is 0 Å². The number of aromatic nitrogens is 2. The molecule has 4 heterocycles. The van der Waals surface area contributed by atoms with Crippen LogP contribution in [-0.4, -0.2) is 75.6 Å². The van der Waals surface area contributed by atoms with Gasteiger partial charge in [-0.25, -0.2) is 14.8 Å². The average Bonchev–Trinajstić information content (AvgIpc) is 3.34. The quantitative estimate of drug-likeness (QED) is 0.864. The first-order chi connectivity index (χ1) is 13.1. The van der Waals surface area contributed by atoms with E-state index in [1.54, 1.807) is 22.6 Å². The molecular formula is C18H23N5O3S. The van der Waals surface area contributed by atoms with Crippen molar-refractivity contribution in [1.82, 2.24) is 19.8 Å². The van der Waals surface area contributed by atoms with Crippen LogP contribution in [0.15, 0.2) is 12.4 Å². The molecule has 2 saturated heterocycles. The molecule has 1 unspecified atom stereocenters. The molecule has 0 radical (unpaired) electrons. The van der Waals surface area contributed by atoms with Crippen LogP contribution in [0.4, 0.5) is 10.6 Å². The van der Waals surface area contributed by atoms with Gasteiger partial charge in [-0.3, -0.25) is 9.69 Å². The van der Waals surface area contributed by atoms with E-state index in [0.717, 1.165) is 28.9 Å². The lowest BCUT2D eigenvalue weighted by Crippen LogP contribution is -2.54. The van der Waals surface area contributed by atoms with E-state index < -0.39 is 12.1 Å². The molecule has 2 aromatic heterocycles. The molecule has 0 bridgehead atoms. The van der Waals surface area contributed by atoms with E-state index >= 15 is 0 Å². The Balaban J connectivity index is 1.46. The lowest BCUT2D eigenvalue weighted by molar-refractivity contribution is -0.135. The van der Waals surface area contributed by atoms with Crippen molar-refractivity contribution in [2.75, 3.05) is 37.6 Å². The van der Waals surface area contributed by atoms with Crippen LogP contribution >= 0.6 is 11.3 Å². The van der Waals surface area contributed by atoms with Crippen LogP contribution < -0.4 is 4.90 Å². The molecular weight excluding hydrogens is 366 g/mol. The van der Waals surface area contributed by atoms with Crippen molar-refractivity contribution in [3.63, 3.8) is 0 Å². The summed E-state index contributed by atoms with van der Waals surface area (Å²) in [6.07, 6.45) is 2.95. The zero-order valence-corrected chi connectivity index (χ0v) is 16.1. The van der Waals surface area contributed by atoms with Crippen molar-refractivity contribution in [2.45, 2.75) is 32.2 Å². The van der Waals surface area contributed by atoms with Gasteiger partial charge in [0.25, 0.3) is 0 Å². The number of likely N-dealkylation sites (tertiary alicyclic amines) is 1. The standard InChI is InChI=1S/C18H23N5O3S/c1-2-12-10-13-15(19-11-20-16(13)27-12)21-6-8-22(9-7-21)17(24)14-4-3-5-23(14)18(25)26/h10-11,14H,2-9H2,1H3,(H,25,26). The fraction of sp³-hybridized carbons (Fsp3) is 0.556. The number of hydrogen-bond donors (Lipinski definition) is 1. The molecule has 8 nitrogen and oxygen atoms in total. The molecule has 0 aliphatic carbocycles. The zero-order valence-electron chi connectivity index (χ0n) is 15.3. The van der Waals surface area contributed by atoms with E-state index in [-0.39, 0.29) is 5.91 Å². The number of carbonyl (C=O) groups excluding carboxylic acids is 1. The fourth-order valence-electron chi connectivity index (χ4n) is 3.92. The lowest BCUT2D eigenvalue weighted by Gasteiger charge is -2.37. The van der Waals surface area contributed by atoms with Crippen molar-refractivity contribution >= 4 is 39.4 Å². The van der Waals surface area contributed by atoms with Gasteiger partial charge in [-0.2, -0.15) is 0 Å². The van der Waals surface area contributed by atoms with Gasteiger partial charge in [0.05, 0.1) is 5.39 Å². The average molecular weight is 389 g/mol. The van der Waals surface area contributed by atoms with Gasteiger partial charge >= 0.3 is 6.09 Å². The van der Waals surface area contributed by atoms with Gasteiger partial charge in [-0.1, -0.05) is 6.92 Å². The number of aryl methyl sites for hydroxylation is 1. The summed E-state index contributed by atoms with van der Waals surface area (Å²) in [7, 11) is 0. The maximum atomic E-state index is 12.8. The summed E-state index contributed by atoms with van der Waals surface area (Å²) in [6.45, 7) is 5.12. The Labute approximate surface area is 161 Å². The second-order valence-electron chi connectivity index (χ2n) is 6.93. The normalized spacial score (nSPS) is 20.5. The van der Waals surface area contributed by atoms with E-state index in [1.807, 2.05) is 0 Å². The number of piperazine rings is 1. The minimum atomic E-state index is -1.00. The Morgan fingerprint density at radius 3 is 2.70 bits per heavy atom. The number of thiophene rings is 1. The summed E-state index contributed by atoms with van der Waals surface area (Å²) < 4.78 is 0. The molecule has 4 rings (SSSR count). The van der Waals surface area contributed by atoms with Crippen molar-refractivity contribution in [3.05, 3.63) is 17.3 Å². The number of hydrogen-bond acceptors (Lipinski definition) is 6. The van der Waals surface area contributed by atoms with Gasteiger partial charge in [0.15, 0.2) is 0 Å². The molecule has 2 aliphatic heterocycles. The van der Waals surface area contributed by atoms with E-state index in [1.165, 1.54) is 9.78 Å². The number of carbonyl (C=O) groups is 2. The SMILES string of the molecule is CCc1cc2c(N3CCN(C(=O)C4CCCN4C(=O)O)CC3)ncnc2s1. The first kappa shape index (κ1) is 18.0. The van der Waals surface area contributed by atoms with Gasteiger partial charge in [-0.15, -0.1) is 11.3 Å². The minimum Gasteiger partial charge on any atom is -0.465 e. The van der Waals surface area contributed by atoms with Crippen molar-refractivity contribution in [3.8, 4) is 0 Å². The number of fused-ring (bicyclic) bond motifs is 1. The zero-order chi connectivity index (χ0) is 19.0. The first-order valence-electron chi connectivity index (χ1n) is 9.35. The number of carboxylic acid groups (broad SMARTS) is 1. The molecule has 0 spiro atoms. The highest BCUT2D eigenvalue weighted by molar-refractivity contribution is 7.18. The maximum absolute atomic E-state index is 12.8. The van der Waals surface area contributed by atoms with Crippen LogP contribution in [0.2, 0.25) is 0 Å². The molecule has 2 aliphatic rings. The van der Waals surface area contributed by atoms with Crippen LogP contribution in [-0.2, 0) is 11.2 Å². The van der Waals surface area contributed by atoms with Gasteiger partial charge < -0.3 is 14.9 Å². The summed E-state index contributed by atoms with van der Waals surface area (Å²) in [5.41, 5.74) is 0. The number of amides is 2. The largest absolute Gasteiger partial charge is 0.465 e.